The molecule has 1 saturated heterocycles. The molecule has 0 radical (unpaired) electrons. The van der Waals surface area contributed by atoms with E-state index in [0.717, 1.165) is 17.9 Å². The lowest BCUT2D eigenvalue weighted by atomic mass is 9.74. The minimum Gasteiger partial charge on any atom is -0.327 e. The van der Waals surface area contributed by atoms with Gasteiger partial charge in [0.25, 0.3) is 0 Å². The van der Waals surface area contributed by atoms with Crippen molar-refractivity contribution in [2.75, 3.05) is 33.7 Å². The lowest BCUT2D eigenvalue weighted by Gasteiger charge is -2.38. The lowest BCUT2D eigenvalue weighted by molar-refractivity contribution is 0.134. The molecular weight excluding hydrogens is 246 g/mol. The number of likely N-dealkylation sites (N-methyl/N-ethyl adjacent to an activating group) is 2. The van der Waals surface area contributed by atoms with E-state index in [-0.39, 0.29) is 0 Å². The van der Waals surface area contributed by atoms with E-state index in [1.165, 1.54) is 51.7 Å². The zero-order valence-corrected chi connectivity index (χ0v) is 14.0. The van der Waals surface area contributed by atoms with Crippen LogP contribution >= 0.6 is 0 Å². The average molecular weight is 281 g/mol. The Hall–Kier alpha value is -0.120. The van der Waals surface area contributed by atoms with Crippen LogP contribution in [-0.2, 0) is 0 Å². The number of likely N-dealkylation sites (tertiary alicyclic amines) is 1. The fourth-order valence-corrected chi connectivity index (χ4v) is 4.18. The van der Waals surface area contributed by atoms with E-state index in [2.05, 4.69) is 37.7 Å². The number of nitrogens with zero attached hydrogens (tertiary/aromatic N) is 2. The van der Waals surface area contributed by atoms with Crippen LogP contribution in [0.4, 0.5) is 0 Å². The van der Waals surface area contributed by atoms with Crippen LogP contribution in [0, 0.1) is 17.8 Å². The largest absolute Gasteiger partial charge is 0.327 e. The molecule has 0 aromatic rings. The maximum atomic E-state index is 6.39. The van der Waals surface area contributed by atoms with Gasteiger partial charge in [-0.05, 0) is 70.5 Å². The highest BCUT2D eigenvalue weighted by Crippen LogP contribution is 2.33. The van der Waals surface area contributed by atoms with Gasteiger partial charge in [-0.25, -0.2) is 0 Å². The van der Waals surface area contributed by atoms with Crippen molar-refractivity contribution in [1.29, 1.82) is 0 Å². The molecule has 1 heterocycles. The van der Waals surface area contributed by atoms with Crippen LogP contribution in [0.3, 0.4) is 0 Å². The van der Waals surface area contributed by atoms with Crippen molar-refractivity contribution < 1.29 is 0 Å². The fourth-order valence-electron chi connectivity index (χ4n) is 4.18. The van der Waals surface area contributed by atoms with Gasteiger partial charge in [0.1, 0.15) is 0 Å². The first-order valence-electron chi connectivity index (χ1n) is 8.61. The summed E-state index contributed by atoms with van der Waals surface area (Å²) in [7, 11) is 4.56. The van der Waals surface area contributed by atoms with Crippen LogP contribution < -0.4 is 5.73 Å². The van der Waals surface area contributed by atoms with Gasteiger partial charge in [0.15, 0.2) is 0 Å². The van der Waals surface area contributed by atoms with Gasteiger partial charge in [0.05, 0.1) is 0 Å². The molecule has 4 atom stereocenters. The van der Waals surface area contributed by atoms with Crippen molar-refractivity contribution in [2.45, 2.75) is 58.0 Å². The van der Waals surface area contributed by atoms with Crippen molar-refractivity contribution in [2.24, 2.45) is 23.5 Å². The Balaban J connectivity index is 1.81. The third-order valence-electron chi connectivity index (χ3n) is 5.76. The first kappa shape index (κ1) is 16.3. The molecule has 2 fully saturated rings. The van der Waals surface area contributed by atoms with Gasteiger partial charge < -0.3 is 15.5 Å². The van der Waals surface area contributed by atoms with Crippen LogP contribution in [0.1, 0.15) is 46.0 Å². The lowest BCUT2D eigenvalue weighted by Crippen LogP contribution is -2.45. The summed E-state index contributed by atoms with van der Waals surface area (Å²) in [6, 6.07) is 1.19. The second-order valence-corrected chi connectivity index (χ2v) is 7.74. The number of nitrogens with two attached hydrogens (primary N) is 1. The molecule has 20 heavy (non-hydrogen) atoms. The summed E-state index contributed by atoms with van der Waals surface area (Å²) in [4.78, 5) is 5.06. The Bertz CT molecular complexity index is 292. The van der Waals surface area contributed by atoms with Crippen molar-refractivity contribution >= 4 is 0 Å². The molecule has 3 nitrogen and oxygen atoms in total. The molecule has 0 spiro atoms. The minimum atomic E-state index is 0.425. The maximum Gasteiger partial charge on any atom is 0.0220 e. The Morgan fingerprint density at radius 2 is 1.95 bits per heavy atom. The molecule has 4 unspecified atom stereocenters. The van der Waals surface area contributed by atoms with Crippen LogP contribution in [0.2, 0.25) is 0 Å². The van der Waals surface area contributed by atoms with Crippen molar-refractivity contribution in [3.63, 3.8) is 0 Å². The van der Waals surface area contributed by atoms with Crippen LogP contribution in [0.15, 0.2) is 0 Å². The average Bonchev–Trinajstić information content (AvgIpc) is 2.77. The molecule has 2 rings (SSSR count). The standard InChI is InChI=1S/C17H35N3/c1-13(2)14-7-8-17(18)15(10-14)11-19(3)12-16-6-5-9-20(16)4/h13-17H,5-12,18H2,1-4H3. The number of hydrogen-bond acceptors (Lipinski definition) is 3. The Morgan fingerprint density at radius 1 is 1.20 bits per heavy atom. The molecule has 0 aromatic heterocycles. The molecule has 1 aliphatic carbocycles. The van der Waals surface area contributed by atoms with Gasteiger partial charge in [0, 0.05) is 25.2 Å². The van der Waals surface area contributed by atoms with E-state index in [4.69, 9.17) is 5.73 Å². The highest BCUT2D eigenvalue weighted by Gasteiger charge is 2.31. The Labute approximate surface area is 125 Å². The molecule has 1 saturated carbocycles. The highest BCUT2D eigenvalue weighted by atomic mass is 15.2. The van der Waals surface area contributed by atoms with Gasteiger partial charge in [-0.15, -0.1) is 0 Å². The van der Waals surface area contributed by atoms with Gasteiger partial charge in [-0.1, -0.05) is 13.8 Å². The maximum absolute atomic E-state index is 6.39. The van der Waals surface area contributed by atoms with Gasteiger partial charge in [0.2, 0.25) is 0 Å². The molecule has 0 amide bonds. The number of hydrogen-bond donors (Lipinski definition) is 1. The monoisotopic (exact) mass is 281 g/mol. The molecule has 3 heteroatoms. The SMILES string of the molecule is CC(C)C1CCC(N)C(CN(C)CC2CCCN2C)C1. The van der Waals surface area contributed by atoms with E-state index in [9.17, 15) is 0 Å². The van der Waals surface area contributed by atoms with Crippen molar-refractivity contribution in [3.05, 3.63) is 0 Å². The van der Waals surface area contributed by atoms with Gasteiger partial charge >= 0.3 is 0 Å². The molecule has 118 valence electrons. The molecule has 2 N–H and O–H groups in total. The van der Waals surface area contributed by atoms with Gasteiger partial charge in [-0.2, -0.15) is 0 Å². The highest BCUT2D eigenvalue weighted by molar-refractivity contribution is 4.86. The molecule has 2 aliphatic rings. The summed E-state index contributed by atoms with van der Waals surface area (Å²) in [6.45, 7) is 8.42. The van der Waals surface area contributed by atoms with E-state index < -0.39 is 0 Å². The predicted molar refractivity (Wildman–Crippen MR) is 86.8 cm³/mol. The first-order chi connectivity index (χ1) is 9.47. The predicted octanol–water partition coefficient (Wildman–Crippen LogP) is 2.41. The summed E-state index contributed by atoms with van der Waals surface area (Å²) in [5, 5.41) is 0. The summed E-state index contributed by atoms with van der Waals surface area (Å²) < 4.78 is 0. The first-order valence-corrected chi connectivity index (χ1v) is 8.61. The smallest absolute Gasteiger partial charge is 0.0220 e. The zero-order valence-electron chi connectivity index (χ0n) is 14.0. The third-order valence-corrected chi connectivity index (χ3v) is 5.76. The van der Waals surface area contributed by atoms with Gasteiger partial charge in [-0.3, -0.25) is 0 Å². The quantitative estimate of drug-likeness (QED) is 0.840. The molecule has 0 aromatic carbocycles. The third kappa shape index (κ3) is 4.19. The minimum absolute atomic E-state index is 0.425. The molecule has 1 aliphatic heterocycles. The van der Waals surface area contributed by atoms with E-state index in [1.54, 1.807) is 0 Å². The van der Waals surface area contributed by atoms with Crippen molar-refractivity contribution in [1.82, 2.24) is 9.80 Å². The second-order valence-electron chi connectivity index (χ2n) is 7.74. The normalized spacial score (nSPS) is 36.1. The summed E-state index contributed by atoms with van der Waals surface area (Å²) in [5.41, 5.74) is 6.39. The Kier molecular flexibility index (Phi) is 5.88. The number of rotatable bonds is 5. The van der Waals surface area contributed by atoms with E-state index in [1.807, 2.05) is 0 Å². The summed E-state index contributed by atoms with van der Waals surface area (Å²) >= 11 is 0. The van der Waals surface area contributed by atoms with Crippen molar-refractivity contribution in [3.8, 4) is 0 Å². The van der Waals surface area contributed by atoms with Crippen LogP contribution in [-0.4, -0.2) is 55.6 Å². The van der Waals surface area contributed by atoms with Crippen LogP contribution in [0.25, 0.3) is 0 Å². The van der Waals surface area contributed by atoms with Crippen LogP contribution in [0.5, 0.6) is 0 Å². The van der Waals surface area contributed by atoms with E-state index >= 15 is 0 Å². The molecule has 0 bridgehead atoms. The Morgan fingerprint density at radius 3 is 2.55 bits per heavy atom. The second kappa shape index (κ2) is 7.24. The summed E-state index contributed by atoms with van der Waals surface area (Å²) in [6.07, 6.45) is 6.64. The zero-order chi connectivity index (χ0) is 14.7. The topological polar surface area (TPSA) is 32.5 Å². The molecular formula is C17H35N3. The summed E-state index contributed by atoms with van der Waals surface area (Å²) in [5.74, 6) is 2.41. The van der Waals surface area contributed by atoms with E-state index in [0.29, 0.717) is 12.0 Å². The fraction of sp³-hybridized carbons (Fsp3) is 1.00.